The summed E-state index contributed by atoms with van der Waals surface area (Å²) in [5, 5.41) is 3.76. The number of allylic oxidation sites excluding steroid dienone is 1. The Bertz CT molecular complexity index is 266. The molecule has 1 saturated heterocycles. The summed E-state index contributed by atoms with van der Waals surface area (Å²) in [6, 6.07) is 1.34. The second-order valence-corrected chi connectivity index (χ2v) is 6.45. The Kier molecular flexibility index (Phi) is 6.37. The van der Waals surface area contributed by atoms with E-state index in [4.69, 9.17) is 0 Å². The van der Waals surface area contributed by atoms with Crippen LogP contribution in [0.1, 0.15) is 48.0 Å². The molecule has 1 aliphatic rings. The molecule has 0 aromatic rings. The molecular weight excluding hydrogens is 220 g/mol. The van der Waals surface area contributed by atoms with Gasteiger partial charge in [-0.05, 0) is 25.7 Å². The maximum absolute atomic E-state index is 3.76. The first-order valence-corrected chi connectivity index (χ1v) is 7.56. The molecule has 2 nitrogen and oxygen atoms in total. The van der Waals surface area contributed by atoms with E-state index in [0.717, 1.165) is 24.9 Å². The van der Waals surface area contributed by atoms with E-state index in [1.807, 2.05) is 0 Å². The number of hydrogen-bond donors (Lipinski definition) is 1. The van der Waals surface area contributed by atoms with E-state index in [1.165, 1.54) is 18.5 Å². The Balaban J connectivity index is 2.67. The van der Waals surface area contributed by atoms with Crippen LogP contribution in [0.3, 0.4) is 0 Å². The first kappa shape index (κ1) is 15.7. The molecule has 18 heavy (non-hydrogen) atoms. The third kappa shape index (κ3) is 4.40. The lowest BCUT2D eigenvalue weighted by Crippen LogP contribution is -2.59. The molecule has 0 bridgehead atoms. The molecule has 106 valence electrons. The van der Waals surface area contributed by atoms with Crippen LogP contribution < -0.4 is 5.32 Å². The van der Waals surface area contributed by atoms with E-state index in [0.29, 0.717) is 12.1 Å². The van der Waals surface area contributed by atoms with Crippen molar-refractivity contribution in [1.82, 2.24) is 10.2 Å². The highest BCUT2D eigenvalue weighted by Gasteiger charge is 2.30. The molecule has 1 rings (SSSR count). The minimum Gasteiger partial charge on any atom is -0.311 e. The van der Waals surface area contributed by atoms with Crippen LogP contribution in [-0.2, 0) is 0 Å². The van der Waals surface area contributed by atoms with Crippen LogP contribution in [0.4, 0.5) is 0 Å². The predicted molar refractivity (Wildman–Crippen MR) is 80.9 cm³/mol. The Morgan fingerprint density at radius 3 is 2.50 bits per heavy atom. The summed E-state index contributed by atoms with van der Waals surface area (Å²) < 4.78 is 0. The average Bonchev–Trinajstić information content (AvgIpc) is 2.34. The third-order valence-corrected chi connectivity index (χ3v) is 4.32. The second kappa shape index (κ2) is 7.30. The lowest BCUT2D eigenvalue weighted by atomic mass is 9.92. The van der Waals surface area contributed by atoms with E-state index in [-0.39, 0.29) is 0 Å². The number of piperazine rings is 1. The van der Waals surface area contributed by atoms with Gasteiger partial charge in [-0.15, -0.1) is 0 Å². The van der Waals surface area contributed by atoms with Crippen molar-refractivity contribution in [3.05, 3.63) is 11.6 Å². The molecule has 0 aromatic carbocycles. The summed E-state index contributed by atoms with van der Waals surface area (Å²) in [6.07, 6.45) is 3.63. The van der Waals surface area contributed by atoms with Crippen molar-refractivity contribution in [3.8, 4) is 0 Å². The second-order valence-electron chi connectivity index (χ2n) is 6.45. The molecule has 0 spiro atoms. The molecule has 2 heteroatoms. The van der Waals surface area contributed by atoms with Crippen molar-refractivity contribution in [2.75, 3.05) is 19.6 Å². The van der Waals surface area contributed by atoms with Gasteiger partial charge in [0.1, 0.15) is 0 Å². The first-order valence-electron chi connectivity index (χ1n) is 7.56. The Morgan fingerprint density at radius 1 is 1.33 bits per heavy atom. The largest absolute Gasteiger partial charge is 0.311 e. The number of hydrogen-bond acceptors (Lipinski definition) is 2. The highest BCUT2D eigenvalue weighted by Crippen LogP contribution is 2.19. The average molecular weight is 252 g/mol. The Morgan fingerprint density at radius 2 is 2.00 bits per heavy atom. The number of nitrogens with zero attached hydrogens (tertiary/aromatic N) is 1. The first-order chi connectivity index (χ1) is 8.45. The maximum atomic E-state index is 3.76. The van der Waals surface area contributed by atoms with Gasteiger partial charge in [0, 0.05) is 31.7 Å². The molecule has 1 fully saturated rings. The molecule has 1 aliphatic heterocycles. The van der Waals surface area contributed by atoms with E-state index >= 15 is 0 Å². The van der Waals surface area contributed by atoms with Crippen LogP contribution in [-0.4, -0.2) is 36.6 Å². The van der Waals surface area contributed by atoms with Crippen molar-refractivity contribution in [2.45, 2.75) is 60.0 Å². The molecule has 1 N–H and O–H groups in total. The highest BCUT2D eigenvalue weighted by atomic mass is 15.2. The van der Waals surface area contributed by atoms with Crippen LogP contribution in [0, 0.1) is 11.8 Å². The molecule has 3 unspecified atom stereocenters. The van der Waals surface area contributed by atoms with Gasteiger partial charge in [-0.2, -0.15) is 0 Å². The Hall–Kier alpha value is -0.340. The summed E-state index contributed by atoms with van der Waals surface area (Å²) >= 11 is 0. The summed E-state index contributed by atoms with van der Waals surface area (Å²) in [4.78, 5) is 2.67. The van der Waals surface area contributed by atoms with Crippen LogP contribution in [0.5, 0.6) is 0 Å². The zero-order valence-electron chi connectivity index (χ0n) is 13.2. The lowest BCUT2D eigenvalue weighted by Gasteiger charge is -2.43. The van der Waals surface area contributed by atoms with E-state index in [1.54, 1.807) is 0 Å². The smallest absolute Gasteiger partial charge is 0.0247 e. The van der Waals surface area contributed by atoms with Gasteiger partial charge in [0.25, 0.3) is 0 Å². The van der Waals surface area contributed by atoms with Crippen molar-refractivity contribution in [3.63, 3.8) is 0 Å². The van der Waals surface area contributed by atoms with Gasteiger partial charge >= 0.3 is 0 Å². The number of nitrogens with one attached hydrogen (secondary N) is 1. The van der Waals surface area contributed by atoms with Crippen LogP contribution in [0.25, 0.3) is 0 Å². The molecule has 0 aromatic heterocycles. The molecule has 3 atom stereocenters. The van der Waals surface area contributed by atoms with Crippen molar-refractivity contribution < 1.29 is 0 Å². The van der Waals surface area contributed by atoms with Crippen molar-refractivity contribution in [1.29, 1.82) is 0 Å². The van der Waals surface area contributed by atoms with E-state index in [2.05, 4.69) is 57.8 Å². The van der Waals surface area contributed by atoms with Gasteiger partial charge in [0.15, 0.2) is 0 Å². The monoisotopic (exact) mass is 252 g/mol. The van der Waals surface area contributed by atoms with Crippen molar-refractivity contribution >= 4 is 0 Å². The van der Waals surface area contributed by atoms with Crippen LogP contribution in [0.2, 0.25) is 0 Å². The van der Waals surface area contributed by atoms with Gasteiger partial charge in [0.05, 0.1) is 0 Å². The molecule has 0 saturated carbocycles. The highest BCUT2D eigenvalue weighted by molar-refractivity contribution is 4.98. The van der Waals surface area contributed by atoms with Gasteiger partial charge in [-0.25, -0.2) is 0 Å². The third-order valence-electron chi connectivity index (χ3n) is 4.32. The summed E-state index contributed by atoms with van der Waals surface area (Å²) in [6.45, 7) is 17.2. The summed E-state index contributed by atoms with van der Waals surface area (Å²) in [5.41, 5.74) is 1.43. The predicted octanol–water partition coefficient (Wildman–Crippen LogP) is 3.30. The SMILES string of the molecule is CCC(C)C1CN(CC=C(C)C)C(C(C)C)CN1. The summed E-state index contributed by atoms with van der Waals surface area (Å²) in [7, 11) is 0. The number of rotatable bonds is 5. The minimum absolute atomic E-state index is 0.663. The molecular formula is C16H32N2. The fraction of sp³-hybridized carbons (Fsp3) is 0.875. The van der Waals surface area contributed by atoms with Crippen LogP contribution >= 0.6 is 0 Å². The van der Waals surface area contributed by atoms with Gasteiger partial charge in [-0.1, -0.05) is 45.8 Å². The van der Waals surface area contributed by atoms with E-state index < -0.39 is 0 Å². The standard InChI is InChI=1S/C16H32N2/c1-7-14(6)15-11-18(9-8-12(2)3)16(10-17-15)13(4)5/h8,13-17H,7,9-11H2,1-6H3. The quantitative estimate of drug-likeness (QED) is 0.755. The molecule has 0 amide bonds. The fourth-order valence-electron chi connectivity index (χ4n) is 2.69. The lowest BCUT2D eigenvalue weighted by molar-refractivity contribution is 0.0932. The van der Waals surface area contributed by atoms with E-state index in [9.17, 15) is 0 Å². The maximum Gasteiger partial charge on any atom is 0.0247 e. The molecule has 0 radical (unpaired) electrons. The van der Waals surface area contributed by atoms with Crippen LogP contribution in [0.15, 0.2) is 11.6 Å². The van der Waals surface area contributed by atoms with Crippen molar-refractivity contribution in [2.24, 2.45) is 11.8 Å². The zero-order chi connectivity index (χ0) is 13.7. The van der Waals surface area contributed by atoms with Gasteiger partial charge < -0.3 is 5.32 Å². The fourth-order valence-corrected chi connectivity index (χ4v) is 2.69. The Labute approximate surface area is 114 Å². The normalized spacial score (nSPS) is 27.3. The topological polar surface area (TPSA) is 15.3 Å². The van der Waals surface area contributed by atoms with Gasteiger partial charge in [0.2, 0.25) is 0 Å². The molecule has 0 aliphatic carbocycles. The van der Waals surface area contributed by atoms with Gasteiger partial charge in [-0.3, -0.25) is 4.90 Å². The molecule has 1 heterocycles. The summed E-state index contributed by atoms with van der Waals surface area (Å²) in [5.74, 6) is 1.49. The zero-order valence-corrected chi connectivity index (χ0v) is 13.2. The minimum atomic E-state index is 0.663.